The maximum Gasteiger partial charge on any atom is 0.303 e. The highest BCUT2D eigenvalue weighted by atomic mass is 16.4. The van der Waals surface area contributed by atoms with Gasteiger partial charge in [-0.3, -0.25) is 4.79 Å². The van der Waals surface area contributed by atoms with E-state index in [1.54, 1.807) is 0 Å². The summed E-state index contributed by atoms with van der Waals surface area (Å²) < 4.78 is 0. The van der Waals surface area contributed by atoms with E-state index in [0.717, 1.165) is 24.8 Å². The minimum absolute atomic E-state index is 0.0785. The lowest BCUT2D eigenvalue weighted by Gasteiger charge is -2.21. The van der Waals surface area contributed by atoms with Crippen LogP contribution in [-0.4, -0.2) is 16.2 Å². The highest BCUT2D eigenvalue weighted by Gasteiger charge is 2.25. The summed E-state index contributed by atoms with van der Waals surface area (Å²) in [6.45, 7) is 0. The molecule has 0 aromatic heterocycles. The lowest BCUT2D eigenvalue weighted by molar-refractivity contribution is -0.137. The third kappa shape index (κ3) is 2.86. The molecule has 2 atom stereocenters. The summed E-state index contributed by atoms with van der Waals surface area (Å²) in [6, 6.07) is 7.93. The van der Waals surface area contributed by atoms with Crippen molar-refractivity contribution >= 4 is 5.97 Å². The molecule has 17 heavy (non-hydrogen) atoms. The Bertz CT molecular complexity index is 400. The van der Waals surface area contributed by atoms with Crippen LogP contribution in [0.1, 0.15) is 42.9 Å². The average Bonchev–Trinajstić information content (AvgIpc) is 2.47. The van der Waals surface area contributed by atoms with Crippen molar-refractivity contribution in [1.82, 2.24) is 0 Å². The zero-order valence-electron chi connectivity index (χ0n) is 9.80. The number of aliphatic carboxylic acids is 1. The highest BCUT2D eigenvalue weighted by Crippen LogP contribution is 2.35. The summed E-state index contributed by atoms with van der Waals surface area (Å²) in [6.07, 6.45) is 3.11. The van der Waals surface area contributed by atoms with Crippen LogP contribution in [0.15, 0.2) is 24.3 Å². The van der Waals surface area contributed by atoms with Crippen LogP contribution in [-0.2, 0) is 11.2 Å². The number of rotatable bonds is 3. The molecule has 2 rings (SSSR count). The molecular weight excluding hydrogens is 216 g/mol. The summed E-state index contributed by atoms with van der Waals surface area (Å²) in [4.78, 5) is 10.6. The number of carboxylic acid groups (broad SMARTS) is 1. The van der Waals surface area contributed by atoms with Crippen molar-refractivity contribution < 1.29 is 15.0 Å². The molecule has 3 nitrogen and oxygen atoms in total. The largest absolute Gasteiger partial charge is 0.481 e. The fraction of sp³-hybridized carbons (Fsp3) is 0.500. The number of hydrogen-bond acceptors (Lipinski definition) is 2. The van der Waals surface area contributed by atoms with Crippen LogP contribution in [0.5, 0.6) is 0 Å². The summed E-state index contributed by atoms with van der Waals surface area (Å²) in [5.41, 5.74) is 2.19. The van der Waals surface area contributed by atoms with Gasteiger partial charge in [-0.1, -0.05) is 24.3 Å². The molecule has 0 bridgehead atoms. The summed E-state index contributed by atoms with van der Waals surface area (Å²) in [5.74, 6) is -0.704. The second-order valence-corrected chi connectivity index (χ2v) is 4.73. The Morgan fingerprint density at radius 3 is 2.88 bits per heavy atom. The van der Waals surface area contributed by atoms with Gasteiger partial charge in [-0.05, 0) is 42.7 Å². The van der Waals surface area contributed by atoms with Crippen LogP contribution in [0, 0.1) is 5.92 Å². The molecule has 0 saturated carbocycles. The van der Waals surface area contributed by atoms with Gasteiger partial charge in [-0.25, -0.2) is 0 Å². The molecule has 92 valence electrons. The third-order valence-corrected chi connectivity index (χ3v) is 3.57. The molecule has 0 fully saturated rings. The van der Waals surface area contributed by atoms with Gasteiger partial charge in [0.05, 0.1) is 6.10 Å². The molecule has 1 aliphatic carbocycles. The van der Waals surface area contributed by atoms with Gasteiger partial charge in [-0.15, -0.1) is 0 Å². The van der Waals surface area contributed by atoms with Crippen molar-refractivity contribution in [1.29, 1.82) is 0 Å². The molecule has 0 heterocycles. The lowest BCUT2D eigenvalue weighted by Crippen LogP contribution is -2.13. The van der Waals surface area contributed by atoms with Gasteiger partial charge in [0.25, 0.3) is 0 Å². The van der Waals surface area contributed by atoms with Gasteiger partial charge in [0.15, 0.2) is 0 Å². The second kappa shape index (κ2) is 5.32. The molecule has 0 saturated heterocycles. The lowest BCUT2D eigenvalue weighted by atomic mass is 9.89. The first-order valence-corrected chi connectivity index (χ1v) is 6.16. The summed E-state index contributed by atoms with van der Waals surface area (Å²) in [5, 5.41) is 19.0. The Morgan fingerprint density at radius 2 is 2.12 bits per heavy atom. The van der Waals surface area contributed by atoms with Crippen molar-refractivity contribution in [2.45, 2.75) is 38.2 Å². The molecule has 1 aromatic carbocycles. The molecule has 1 aromatic rings. The molecule has 2 N–H and O–H groups in total. The van der Waals surface area contributed by atoms with E-state index < -0.39 is 12.1 Å². The molecule has 0 aliphatic heterocycles. The predicted molar refractivity (Wildman–Crippen MR) is 64.7 cm³/mol. The Kier molecular flexibility index (Phi) is 3.79. The fourth-order valence-corrected chi connectivity index (χ4v) is 2.63. The first-order chi connectivity index (χ1) is 8.18. The number of aryl methyl sites for hydroxylation is 1. The standard InChI is InChI=1S/C14H18O3/c15-13(16)9-8-11-6-3-5-10-4-1-2-7-12(10)14(11)17/h1-2,4,7,11,14,17H,3,5-6,8-9H2,(H,15,16). The van der Waals surface area contributed by atoms with E-state index in [0.29, 0.717) is 6.42 Å². The van der Waals surface area contributed by atoms with Gasteiger partial charge in [0, 0.05) is 6.42 Å². The second-order valence-electron chi connectivity index (χ2n) is 4.73. The van der Waals surface area contributed by atoms with Crippen LogP contribution in [0.25, 0.3) is 0 Å². The minimum atomic E-state index is -0.783. The van der Waals surface area contributed by atoms with Gasteiger partial charge < -0.3 is 10.2 Å². The third-order valence-electron chi connectivity index (χ3n) is 3.57. The molecule has 3 heteroatoms. The van der Waals surface area contributed by atoms with Crippen molar-refractivity contribution in [3.05, 3.63) is 35.4 Å². The average molecular weight is 234 g/mol. The van der Waals surface area contributed by atoms with Gasteiger partial charge in [-0.2, -0.15) is 0 Å². The summed E-state index contributed by atoms with van der Waals surface area (Å²) >= 11 is 0. The number of aliphatic hydroxyl groups excluding tert-OH is 1. The van der Waals surface area contributed by atoms with E-state index in [1.807, 2.05) is 18.2 Å². The number of carboxylic acids is 1. The van der Waals surface area contributed by atoms with E-state index in [2.05, 4.69) is 6.07 Å². The fourth-order valence-electron chi connectivity index (χ4n) is 2.63. The Balaban J connectivity index is 2.14. The monoisotopic (exact) mass is 234 g/mol. The van der Waals surface area contributed by atoms with Gasteiger partial charge in [0.2, 0.25) is 0 Å². The van der Waals surface area contributed by atoms with Crippen LogP contribution in [0.3, 0.4) is 0 Å². The molecule has 0 amide bonds. The van der Waals surface area contributed by atoms with E-state index >= 15 is 0 Å². The first kappa shape index (κ1) is 12.1. The Labute approximate surface area is 101 Å². The zero-order chi connectivity index (χ0) is 12.3. The van der Waals surface area contributed by atoms with Crippen molar-refractivity contribution in [3.8, 4) is 0 Å². The molecular formula is C14H18O3. The zero-order valence-corrected chi connectivity index (χ0v) is 9.80. The van der Waals surface area contributed by atoms with Crippen LogP contribution in [0.4, 0.5) is 0 Å². The number of benzene rings is 1. The minimum Gasteiger partial charge on any atom is -0.481 e. The number of hydrogen-bond donors (Lipinski definition) is 2. The topological polar surface area (TPSA) is 57.5 Å². The maximum atomic E-state index is 10.6. The number of aliphatic hydroxyl groups is 1. The van der Waals surface area contributed by atoms with E-state index in [1.165, 1.54) is 5.56 Å². The highest BCUT2D eigenvalue weighted by molar-refractivity contribution is 5.66. The van der Waals surface area contributed by atoms with Crippen LogP contribution in [0.2, 0.25) is 0 Å². The van der Waals surface area contributed by atoms with E-state index in [-0.39, 0.29) is 12.3 Å². The van der Waals surface area contributed by atoms with Crippen molar-refractivity contribution in [3.63, 3.8) is 0 Å². The number of carbonyl (C=O) groups is 1. The number of fused-ring (bicyclic) bond motifs is 1. The smallest absolute Gasteiger partial charge is 0.303 e. The maximum absolute atomic E-state index is 10.6. The molecule has 1 aliphatic rings. The van der Waals surface area contributed by atoms with E-state index in [9.17, 15) is 9.90 Å². The summed E-state index contributed by atoms with van der Waals surface area (Å²) in [7, 11) is 0. The van der Waals surface area contributed by atoms with Crippen molar-refractivity contribution in [2.24, 2.45) is 5.92 Å². The van der Waals surface area contributed by atoms with Crippen molar-refractivity contribution in [2.75, 3.05) is 0 Å². The van der Waals surface area contributed by atoms with Crippen LogP contribution < -0.4 is 0 Å². The normalized spacial score (nSPS) is 23.8. The van der Waals surface area contributed by atoms with Crippen LogP contribution >= 0.6 is 0 Å². The first-order valence-electron chi connectivity index (χ1n) is 6.16. The molecule has 2 unspecified atom stereocenters. The van der Waals surface area contributed by atoms with E-state index in [4.69, 9.17) is 5.11 Å². The molecule has 0 radical (unpaired) electrons. The van der Waals surface area contributed by atoms with Gasteiger partial charge in [0.1, 0.15) is 0 Å². The van der Waals surface area contributed by atoms with Gasteiger partial charge >= 0.3 is 5.97 Å². The molecule has 0 spiro atoms. The Hall–Kier alpha value is -1.35. The predicted octanol–water partition coefficient (Wildman–Crippen LogP) is 2.54. The quantitative estimate of drug-likeness (QED) is 0.790. The Morgan fingerprint density at radius 1 is 1.35 bits per heavy atom. The SMILES string of the molecule is O=C(O)CCC1CCCc2ccccc2C1O.